The molecule has 5 nitrogen and oxygen atoms in total. The molecule has 0 aliphatic rings. The monoisotopic (exact) mass is 409 g/mol. The van der Waals surface area contributed by atoms with Crippen LogP contribution in [0.4, 0.5) is 5.69 Å². The van der Waals surface area contributed by atoms with Crippen LogP contribution >= 0.6 is 38.9 Å². The summed E-state index contributed by atoms with van der Waals surface area (Å²) in [4.78, 5) is 4.15. The molecular formula is C12H13BrClN3O2S2. The number of anilines is 1. The van der Waals surface area contributed by atoms with Crippen LogP contribution in [0.1, 0.15) is 18.9 Å². The van der Waals surface area contributed by atoms with Crippen molar-refractivity contribution >= 4 is 54.6 Å². The predicted molar refractivity (Wildman–Crippen MR) is 89.0 cm³/mol. The highest BCUT2D eigenvalue weighted by molar-refractivity contribution is 9.10. The minimum absolute atomic E-state index is 0.00266. The van der Waals surface area contributed by atoms with Crippen molar-refractivity contribution in [1.82, 2.24) is 9.71 Å². The van der Waals surface area contributed by atoms with Gasteiger partial charge in [-0.1, -0.05) is 11.6 Å². The molecule has 1 heterocycles. The van der Waals surface area contributed by atoms with Gasteiger partial charge in [0.1, 0.15) is 5.01 Å². The van der Waals surface area contributed by atoms with Crippen LogP contribution in [0.2, 0.25) is 5.02 Å². The highest BCUT2D eigenvalue weighted by atomic mass is 79.9. The lowest BCUT2D eigenvalue weighted by atomic mass is 10.1. The summed E-state index contributed by atoms with van der Waals surface area (Å²) in [5.41, 5.74) is 5.16. The van der Waals surface area contributed by atoms with Crippen molar-refractivity contribution in [3.05, 3.63) is 38.2 Å². The van der Waals surface area contributed by atoms with E-state index in [9.17, 15) is 8.42 Å². The molecule has 0 aliphatic carbocycles. The fraction of sp³-hybridized carbons (Fsp3) is 0.250. The van der Waals surface area contributed by atoms with E-state index in [0.717, 1.165) is 0 Å². The quantitative estimate of drug-likeness (QED) is 0.757. The fourth-order valence-corrected chi connectivity index (χ4v) is 5.20. The number of rotatable bonds is 4. The van der Waals surface area contributed by atoms with Crippen molar-refractivity contribution < 1.29 is 8.42 Å². The molecule has 0 aliphatic heterocycles. The number of hydrogen-bond donors (Lipinski definition) is 2. The van der Waals surface area contributed by atoms with E-state index in [2.05, 4.69) is 25.6 Å². The average Bonchev–Trinajstić information content (AvgIpc) is 2.86. The lowest BCUT2D eigenvalue weighted by molar-refractivity contribution is 0.469. The minimum atomic E-state index is -3.81. The van der Waals surface area contributed by atoms with Crippen LogP contribution in [0.3, 0.4) is 0 Å². The summed E-state index contributed by atoms with van der Waals surface area (Å²) in [6, 6.07) is 2.83. The van der Waals surface area contributed by atoms with E-state index >= 15 is 0 Å². The Morgan fingerprint density at radius 3 is 2.67 bits per heavy atom. The van der Waals surface area contributed by atoms with Gasteiger partial charge in [-0.15, -0.1) is 11.3 Å². The molecule has 9 heteroatoms. The second-order valence-electron chi connectivity index (χ2n) is 4.87. The minimum Gasteiger partial charge on any atom is -0.398 e. The molecule has 0 spiro atoms. The first kappa shape index (κ1) is 16.7. The Balaban J connectivity index is 2.44. The average molecular weight is 411 g/mol. The lowest BCUT2D eigenvalue weighted by Crippen LogP contribution is -2.41. The second-order valence-corrected chi connectivity index (χ2v) is 8.65. The van der Waals surface area contributed by atoms with Crippen molar-refractivity contribution in [3.8, 4) is 0 Å². The van der Waals surface area contributed by atoms with E-state index in [0.29, 0.717) is 5.01 Å². The summed E-state index contributed by atoms with van der Waals surface area (Å²) in [6.07, 6.45) is 1.63. The molecular weight excluding hydrogens is 398 g/mol. The molecule has 0 atom stereocenters. The van der Waals surface area contributed by atoms with Gasteiger partial charge in [0.2, 0.25) is 10.0 Å². The smallest absolute Gasteiger partial charge is 0.242 e. The topological polar surface area (TPSA) is 85.1 Å². The molecule has 0 saturated carbocycles. The first-order valence-corrected chi connectivity index (χ1v) is 9.35. The third-order valence-corrected chi connectivity index (χ3v) is 6.82. The van der Waals surface area contributed by atoms with Gasteiger partial charge < -0.3 is 5.73 Å². The van der Waals surface area contributed by atoms with Gasteiger partial charge in [0.25, 0.3) is 0 Å². The number of halogens is 2. The van der Waals surface area contributed by atoms with Crippen molar-refractivity contribution in [2.45, 2.75) is 24.3 Å². The number of nitrogen functional groups attached to an aromatic ring is 1. The number of benzene rings is 1. The van der Waals surface area contributed by atoms with Crippen LogP contribution in [-0.2, 0) is 15.6 Å². The van der Waals surface area contributed by atoms with E-state index in [1.54, 1.807) is 25.4 Å². The van der Waals surface area contributed by atoms with E-state index in [1.807, 2.05) is 0 Å². The van der Waals surface area contributed by atoms with Gasteiger partial charge in [-0.25, -0.2) is 13.4 Å². The molecule has 0 unspecified atom stereocenters. The lowest BCUT2D eigenvalue weighted by Gasteiger charge is -2.24. The van der Waals surface area contributed by atoms with E-state index in [1.165, 1.54) is 23.5 Å². The number of nitrogens with one attached hydrogen (secondary N) is 1. The van der Waals surface area contributed by atoms with Crippen LogP contribution in [-0.4, -0.2) is 13.4 Å². The molecule has 2 aromatic rings. The number of nitrogens with two attached hydrogens (primary N) is 1. The zero-order valence-corrected chi connectivity index (χ0v) is 15.2. The van der Waals surface area contributed by atoms with Gasteiger partial charge in [0.05, 0.1) is 14.9 Å². The molecule has 0 bridgehead atoms. The number of sulfonamides is 1. The number of nitrogens with zero attached hydrogens (tertiary/aromatic N) is 1. The van der Waals surface area contributed by atoms with Gasteiger partial charge in [0.15, 0.2) is 0 Å². The van der Waals surface area contributed by atoms with Gasteiger partial charge in [0, 0.05) is 22.3 Å². The highest BCUT2D eigenvalue weighted by Crippen LogP contribution is 2.33. The second kappa shape index (κ2) is 5.85. The van der Waals surface area contributed by atoms with E-state index in [4.69, 9.17) is 17.3 Å². The third-order valence-electron chi connectivity index (χ3n) is 2.68. The van der Waals surface area contributed by atoms with E-state index < -0.39 is 15.6 Å². The van der Waals surface area contributed by atoms with Gasteiger partial charge in [-0.3, -0.25) is 0 Å². The SMILES string of the molecule is CC(C)(NS(=O)(=O)c1cc(Cl)cc(N)c1Br)c1nccs1. The molecule has 1 aromatic carbocycles. The molecule has 0 radical (unpaired) electrons. The summed E-state index contributed by atoms with van der Waals surface area (Å²) < 4.78 is 28.1. The zero-order chi connectivity index (χ0) is 15.8. The summed E-state index contributed by atoms with van der Waals surface area (Å²) in [5, 5.41) is 2.71. The Morgan fingerprint density at radius 2 is 2.10 bits per heavy atom. The Hall–Kier alpha value is -0.670. The molecule has 2 rings (SSSR count). The number of aromatic nitrogens is 1. The number of hydrogen-bond acceptors (Lipinski definition) is 5. The summed E-state index contributed by atoms with van der Waals surface area (Å²) >= 11 is 10.5. The van der Waals surface area contributed by atoms with Crippen LogP contribution in [0.15, 0.2) is 33.1 Å². The Labute approximate surface area is 140 Å². The molecule has 114 valence electrons. The van der Waals surface area contributed by atoms with Crippen LogP contribution in [0.25, 0.3) is 0 Å². The molecule has 0 saturated heterocycles. The van der Waals surface area contributed by atoms with Crippen molar-refractivity contribution in [3.63, 3.8) is 0 Å². The molecule has 3 N–H and O–H groups in total. The van der Waals surface area contributed by atoms with Gasteiger partial charge in [-0.05, 0) is 41.9 Å². The van der Waals surface area contributed by atoms with Crippen LogP contribution in [0.5, 0.6) is 0 Å². The standard InChI is InChI=1S/C12H13BrClN3O2S2/c1-12(2,11-16-3-4-20-11)17-21(18,19)9-6-7(14)5-8(15)10(9)13/h3-6,17H,15H2,1-2H3. The van der Waals surface area contributed by atoms with Crippen LogP contribution < -0.4 is 10.5 Å². The van der Waals surface area contributed by atoms with Gasteiger partial charge >= 0.3 is 0 Å². The maximum atomic E-state index is 12.6. The summed E-state index contributed by atoms with van der Waals surface area (Å²) in [7, 11) is -3.81. The van der Waals surface area contributed by atoms with Crippen molar-refractivity contribution in [2.24, 2.45) is 0 Å². The zero-order valence-electron chi connectivity index (χ0n) is 11.2. The fourth-order valence-electron chi connectivity index (χ4n) is 1.75. The molecule has 1 aromatic heterocycles. The predicted octanol–water partition coefficient (Wildman–Crippen LogP) is 3.35. The molecule has 0 fully saturated rings. The highest BCUT2D eigenvalue weighted by Gasteiger charge is 2.31. The first-order chi connectivity index (χ1) is 9.63. The Kier molecular flexibility index (Phi) is 4.65. The largest absolute Gasteiger partial charge is 0.398 e. The summed E-state index contributed by atoms with van der Waals surface area (Å²) in [5.74, 6) is 0. The maximum Gasteiger partial charge on any atom is 0.242 e. The maximum absolute atomic E-state index is 12.6. The Bertz CT molecular complexity index is 761. The first-order valence-electron chi connectivity index (χ1n) is 5.82. The molecule has 21 heavy (non-hydrogen) atoms. The van der Waals surface area contributed by atoms with Gasteiger partial charge in [-0.2, -0.15) is 4.72 Å². The summed E-state index contributed by atoms with van der Waals surface area (Å²) in [6.45, 7) is 3.48. The van der Waals surface area contributed by atoms with Crippen molar-refractivity contribution in [2.75, 3.05) is 5.73 Å². The molecule has 0 amide bonds. The van der Waals surface area contributed by atoms with E-state index in [-0.39, 0.29) is 20.1 Å². The number of thiazole rings is 1. The third kappa shape index (κ3) is 3.57. The Morgan fingerprint density at radius 1 is 1.43 bits per heavy atom. The van der Waals surface area contributed by atoms with Crippen molar-refractivity contribution in [1.29, 1.82) is 0 Å². The normalized spacial score (nSPS) is 12.6. The van der Waals surface area contributed by atoms with Crippen LogP contribution in [0, 0.1) is 0 Å².